The Morgan fingerprint density at radius 1 is 0.839 bits per heavy atom. The van der Waals surface area contributed by atoms with E-state index in [1.165, 1.54) is 4.90 Å². The van der Waals surface area contributed by atoms with Crippen LogP contribution in [0.1, 0.15) is 17.2 Å². The van der Waals surface area contributed by atoms with Crippen molar-refractivity contribution < 1.29 is 19.2 Å². The van der Waals surface area contributed by atoms with Crippen molar-refractivity contribution in [2.75, 3.05) is 17.1 Å². The highest BCUT2D eigenvalue weighted by Gasteiger charge is 2.60. The molecule has 2 amide bonds. The largest absolute Gasteiger partial charge is 0.496 e. The molecule has 3 atom stereocenters. The van der Waals surface area contributed by atoms with E-state index in [-0.39, 0.29) is 11.8 Å². The molecular formula is C25H22N2O4. The Balaban J connectivity index is 1.63. The van der Waals surface area contributed by atoms with Gasteiger partial charge in [0.15, 0.2) is 6.10 Å². The molecule has 2 fully saturated rings. The van der Waals surface area contributed by atoms with Crippen LogP contribution in [-0.4, -0.2) is 25.0 Å². The van der Waals surface area contributed by atoms with Gasteiger partial charge in [-0.3, -0.25) is 14.4 Å². The lowest BCUT2D eigenvalue weighted by molar-refractivity contribution is -0.126. The average molecular weight is 414 g/mol. The minimum Gasteiger partial charge on any atom is -0.496 e. The van der Waals surface area contributed by atoms with E-state index >= 15 is 0 Å². The summed E-state index contributed by atoms with van der Waals surface area (Å²) in [7, 11) is 1.60. The molecule has 0 aromatic heterocycles. The van der Waals surface area contributed by atoms with Gasteiger partial charge in [0.2, 0.25) is 5.91 Å². The molecule has 2 aliphatic rings. The smallest absolute Gasteiger partial charge is 0.266 e. The van der Waals surface area contributed by atoms with Gasteiger partial charge in [0.1, 0.15) is 11.7 Å². The van der Waals surface area contributed by atoms with Crippen molar-refractivity contribution in [1.82, 2.24) is 0 Å². The molecule has 0 N–H and O–H groups in total. The molecule has 0 aliphatic carbocycles. The molecule has 2 saturated heterocycles. The first-order valence-corrected chi connectivity index (χ1v) is 10.2. The number of amides is 2. The minimum atomic E-state index is -0.901. The van der Waals surface area contributed by atoms with Crippen molar-refractivity contribution in [1.29, 1.82) is 0 Å². The highest BCUT2D eigenvalue weighted by Crippen LogP contribution is 2.49. The van der Waals surface area contributed by atoms with Crippen LogP contribution in [0.5, 0.6) is 5.75 Å². The Kier molecular flexibility index (Phi) is 4.71. The number of fused-ring (bicyclic) bond motifs is 1. The topological polar surface area (TPSA) is 59.1 Å². The number of aryl methyl sites for hydroxylation is 1. The van der Waals surface area contributed by atoms with E-state index in [4.69, 9.17) is 9.57 Å². The number of benzene rings is 3. The summed E-state index contributed by atoms with van der Waals surface area (Å²) < 4.78 is 5.59. The lowest BCUT2D eigenvalue weighted by Gasteiger charge is -2.29. The highest BCUT2D eigenvalue weighted by molar-refractivity contribution is 6.24. The van der Waals surface area contributed by atoms with Crippen LogP contribution in [-0.2, 0) is 14.4 Å². The summed E-state index contributed by atoms with van der Waals surface area (Å²) in [4.78, 5) is 34.5. The monoisotopic (exact) mass is 414 g/mol. The maximum absolute atomic E-state index is 13.7. The molecule has 0 saturated carbocycles. The number of imide groups is 1. The zero-order valence-electron chi connectivity index (χ0n) is 17.3. The van der Waals surface area contributed by atoms with Gasteiger partial charge in [0, 0.05) is 5.56 Å². The number of rotatable bonds is 4. The summed E-state index contributed by atoms with van der Waals surface area (Å²) in [5.41, 5.74) is 3.03. The summed E-state index contributed by atoms with van der Waals surface area (Å²) in [5, 5.41) is 1.68. The first-order valence-electron chi connectivity index (χ1n) is 10.2. The number of ether oxygens (including phenoxy) is 1. The van der Waals surface area contributed by atoms with Crippen LogP contribution in [0.15, 0.2) is 78.9 Å². The van der Waals surface area contributed by atoms with Crippen molar-refractivity contribution in [3.05, 3.63) is 90.0 Å². The van der Waals surface area contributed by atoms with E-state index < -0.39 is 18.1 Å². The van der Waals surface area contributed by atoms with E-state index in [1.54, 1.807) is 18.2 Å². The van der Waals surface area contributed by atoms with Crippen molar-refractivity contribution in [3.63, 3.8) is 0 Å². The van der Waals surface area contributed by atoms with Crippen LogP contribution < -0.4 is 14.7 Å². The third kappa shape index (κ3) is 2.99. The molecule has 2 aliphatic heterocycles. The quantitative estimate of drug-likeness (QED) is 0.603. The van der Waals surface area contributed by atoms with Crippen molar-refractivity contribution in [2.45, 2.75) is 19.1 Å². The van der Waals surface area contributed by atoms with Crippen LogP contribution >= 0.6 is 0 Å². The fourth-order valence-corrected chi connectivity index (χ4v) is 4.49. The van der Waals surface area contributed by atoms with E-state index in [0.29, 0.717) is 11.4 Å². The predicted molar refractivity (Wildman–Crippen MR) is 117 cm³/mol. The molecule has 3 aromatic carbocycles. The van der Waals surface area contributed by atoms with Crippen LogP contribution in [0, 0.1) is 12.8 Å². The molecule has 31 heavy (non-hydrogen) atoms. The van der Waals surface area contributed by atoms with Gasteiger partial charge < -0.3 is 4.74 Å². The van der Waals surface area contributed by atoms with Crippen LogP contribution in [0.3, 0.4) is 0 Å². The SMILES string of the molecule is COc1ccccc1[C@@H]1[C@H]2C(=O)N(c3ccccc3C)C(=O)[C@@H]2ON1c1ccccc1. The number of hydrogen-bond donors (Lipinski definition) is 0. The van der Waals surface area contributed by atoms with Gasteiger partial charge >= 0.3 is 0 Å². The molecule has 6 nitrogen and oxygen atoms in total. The van der Waals surface area contributed by atoms with Crippen LogP contribution in [0.2, 0.25) is 0 Å². The summed E-state index contributed by atoms with van der Waals surface area (Å²) in [6.07, 6.45) is -0.901. The van der Waals surface area contributed by atoms with Gasteiger partial charge in [0.05, 0.1) is 24.5 Å². The lowest BCUT2D eigenvalue weighted by Crippen LogP contribution is -2.37. The highest BCUT2D eigenvalue weighted by atomic mass is 16.7. The summed E-state index contributed by atoms with van der Waals surface area (Å²) in [6, 6.07) is 23.9. The normalized spacial score (nSPS) is 22.7. The van der Waals surface area contributed by atoms with E-state index in [9.17, 15) is 9.59 Å². The van der Waals surface area contributed by atoms with Gasteiger partial charge in [-0.15, -0.1) is 0 Å². The number of hydrogen-bond acceptors (Lipinski definition) is 5. The second kappa shape index (κ2) is 7.56. The van der Waals surface area contributed by atoms with Gasteiger partial charge in [-0.2, -0.15) is 0 Å². The zero-order valence-corrected chi connectivity index (χ0v) is 17.3. The van der Waals surface area contributed by atoms with Gasteiger partial charge in [-0.1, -0.05) is 54.6 Å². The third-order valence-electron chi connectivity index (χ3n) is 5.94. The Labute approximate surface area is 180 Å². The van der Waals surface area contributed by atoms with Crippen molar-refractivity contribution >= 4 is 23.2 Å². The summed E-state index contributed by atoms with van der Waals surface area (Å²) >= 11 is 0. The van der Waals surface area contributed by atoms with E-state index in [0.717, 1.165) is 16.8 Å². The molecule has 3 aromatic rings. The molecule has 2 heterocycles. The minimum absolute atomic E-state index is 0.265. The number of carbonyl (C=O) groups is 2. The Morgan fingerprint density at radius 3 is 2.26 bits per heavy atom. The zero-order chi connectivity index (χ0) is 21.5. The maximum Gasteiger partial charge on any atom is 0.266 e. The number of methoxy groups -OCH3 is 1. The first kappa shape index (κ1) is 19.3. The molecule has 0 unspecified atom stereocenters. The Bertz CT molecular complexity index is 1150. The lowest BCUT2D eigenvalue weighted by atomic mass is 9.90. The second-order valence-corrected chi connectivity index (χ2v) is 7.70. The molecular weight excluding hydrogens is 392 g/mol. The third-order valence-corrected chi connectivity index (χ3v) is 5.94. The van der Waals surface area contributed by atoms with Gasteiger partial charge in [-0.25, -0.2) is 9.96 Å². The average Bonchev–Trinajstić information content (AvgIpc) is 3.31. The van der Waals surface area contributed by atoms with E-state index in [1.807, 2.05) is 79.7 Å². The summed E-state index contributed by atoms with van der Waals surface area (Å²) in [5.74, 6) is -0.655. The standard InChI is InChI=1S/C25H22N2O4/c1-16-10-6-8-14-19(16)26-24(28)21-22(18-13-7-9-15-20(18)30-2)27(31-23(21)25(26)29)17-11-4-3-5-12-17/h3-15,21-23H,1-2H3/t21-,22-,23-/m1/s1. The fourth-order valence-electron chi connectivity index (χ4n) is 4.49. The second-order valence-electron chi connectivity index (χ2n) is 7.70. The van der Waals surface area contributed by atoms with Crippen molar-refractivity contribution in [2.24, 2.45) is 5.92 Å². The van der Waals surface area contributed by atoms with Crippen LogP contribution in [0.4, 0.5) is 11.4 Å². The maximum atomic E-state index is 13.7. The van der Waals surface area contributed by atoms with Gasteiger partial charge in [-0.05, 0) is 36.8 Å². The first-order chi connectivity index (χ1) is 15.1. The number of hydroxylamine groups is 1. The molecule has 156 valence electrons. The molecule has 5 rings (SSSR count). The number of anilines is 2. The number of nitrogens with zero attached hydrogens (tertiary/aromatic N) is 2. The fraction of sp³-hybridized carbons (Fsp3) is 0.200. The number of carbonyl (C=O) groups excluding carboxylic acids is 2. The van der Waals surface area contributed by atoms with Crippen LogP contribution in [0.25, 0.3) is 0 Å². The molecule has 0 spiro atoms. The van der Waals surface area contributed by atoms with E-state index in [2.05, 4.69) is 0 Å². The summed E-state index contributed by atoms with van der Waals surface area (Å²) in [6.45, 7) is 1.89. The predicted octanol–water partition coefficient (Wildman–Crippen LogP) is 4.05. The van der Waals surface area contributed by atoms with Crippen molar-refractivity contribution in [3.8, 4) is 5.75 Å². The Hall–Kier alpha value is -3.64. The molecule has 0 bridgehead atoms. The number of para-hydroxylation sites is 3. The molecule has 6 heteroatoms. The Morgan fingerprint density at radius 2 is 1.52 bits per heavy atom. The van der Waals surface area contributed by atoms with Gasteiger partial charge in [0.25, 0.3) is 5.91 Å². The molecule has 0 radical (unpaired) electrons.